The van der Waals surface area contributed by atoms with Crippen molar-refractivity contribution in [1.29, 1.82) is 0 Å². The molecule has 3 heteroatoms. The van der Waals surface area contributed by atoms with E-state index in [9.17, 15) is 4.79 Å². The first-order chi connectivity index (χ1) is 8.70. The molecule has 0 amide bonds. The lowest BCUT2D eigenvalue weighted by molar-refractivity contribution is -0.123. The van der Waals surface area contributed by atoms with E-state index >= 15 is 0 Å². The highest BCUT2D eigenvalue weighted by molar-refractivity contribution is 5.82. The van der Waals surface area contributed by atoms with Crippen LogP contribution < -0.4 is 0 Å². The summed E-state index contributed by atoms with van der Waals surface area (Å²) in [5, 5.41) is 0. The maximum atomic E-state index is 12.3. The molecule has 100 valence electrons. The number of nitrogens with zero attached hydrogens (tertiary/aromatic N) is 2. The summed E-state index contributed by atoms with van der Waals surface area (Å²) >= 11 is 0. The van der Waals surface area contributed by atoms with E-state index in [1.807, 2.05) is 12.4 Å². The summed E-state index contributed by atoms with van der Waals surface area (Å²) in [5.74, 6) is 2.33. The molecule has 0 bridgehead atoms. The van der Waals surface area contributed by atoms with Crippen molar-refractivity contribution >= 4 is 5.78 Å². The summed E-state index contributed by atoms with van der Waals surface area (Å²) in [4.78, 5) is 16.6. The van der Waals surface area contributed by atoms with Gasteiger partial charge in [-0.2, -0.15) is 0 Å². The fourth-order valence-corrected chi connectivity index (χ4v) is 2.98. The first kappa shape index (κ1) is 13.3. The van der Waals surface area contributed by atoms with E-state index < -0.39 is 0 Å². The van der Waals surface area contributed by atoms with Crippen LogP contribution in [0.2, 0.25) is 0 Å². The third-order valence-corrected chi connectivity index (χ3v) is 3.99. The maximum absolute atomic E-state index is 12.3. The van der Waals surface area contributed by atoms with Crippen LogP contribution in [0.25, 0.3) is 0 Å². The minimum atomic E-state index is 0.278. The van der Waals surface area contributed by atoms with Gasteiger partial charge in [0.25, 0.3) is 0 Å². The molecule has 1 aliphatic carbocycles. The van der Waals surface area contributed by atoms with E-state index in [1.165, 1.54) is 12.8 Å². The highest BCUT2D eigenvalue weighted by atomic mass is 16.1. The van der Waals surface area contributed by atoms with Gasteiger partial charge in [-0.3, -0.25) is 4.79 Å². The number of Topliss-reactive ketones (excluding diaryl/α,β-unsaturated/α-hetero) is 1. The number of rotatable bonds is 5. The lowest BCUT2D eigenvalue weighted by Gasteiger charge is -2.25. The number of imidazole rings is 1. The normalized spacial score (nSPS) is 24.1. The Balaban J connectivity index is 1.95. The van der Waals surface area contributed by atoms with Gasteiger partial charge in [0, 0.05) is 24.9 Å². The molecule has 0 N–H and O–H groups in total. The number of carbonyl (C=O) groups is 1. The number of hydrogen-bond acceptors (Lipinski definition) is 2. The molecule has 18 heavy (non-hydrogen) atoms. The van der Waals surface area contributed by atoms with Crippen LogP contribution in [0, 0.1) is 11.8 Å². The van der Waals surface area contributed by atoms with Gasteiger partial charge in [0.15, 0.2) is 0 Å². The van der Waals surface area contributed by atoms with Crippen molar-refractivity contribution in [1.82, 2.24) is 9.55 Å². The number of aryl methyl sites for hydroxylation is 1. The first-order valence-electron chi connectivity index (χ1n) is 7.23. The molecule has 2 unspecified atom stereocenters. The molecule has 0 spiro atoms. The highest BCUT2D eigenvalue weighted by Gasteiger charge is 2.25. The van der Waals surface area contributed by atoms with Crippen LogP contribution in [0.4, 0.5) is 0 Å². The van der Waals surface area contributed by atoms with E-state index in [1.54, 1.807) is 0 Å². The second kappa shape index (κ2) is 6.17. The van der Waals surface area contributed by atoms with E-state index in [0.717, 1.165) is 31.6 Å². The molecule has 0 radical (unpaired) electrons. The van der Waals surface area contributed by atoms with Gasteiger partial charge in [-0.15, -0.1) is 0 Å². The largest absolute Gasteiger partial charge is 0.335 e. The van der Waals surface area contributed by atoms with Gasteiger partial charge in [-0.1, -0.05) is 26.7 Å². The zero-order chi connectivity index (χ0) is 13.0. The molecule has 1 aliphatic rings. The van der Waals surface area contributed by atoms with Crippen LogP contribution in [-0.2, 0) is 17.8 Å². The van der Waals surface area contributed by atoms with Gasteiger partial charge in [0.05, 0.1) is 6.42 Å². The number of aromatic nitrogens is 2. The highest BCUT2D eigenvalue weighted by Crippen LogP contribution is 2.29. The molecule has 3 nitrogen and oxygen atoms in total. The number of carbonyl (C=O) groups excluding carboxylic acids is 1. The van der Waals surface area contributed by atoms with Gasteiger partial charge >= 0.3 is 0 Å². The molecule has 1 fully saturated rings. The Labute approximate surface area is 110 Å². The average molecular weight is 248 g/mol. The summed E-state index contributed by atoms with van der Waals surface area (Å²) in [7, 11) is 0. The fraction of sp³-hybridized carbons (Fsp3) is 0.733. The maximum Gasteiger partial charge on any atom is 0.143 e. The number of hydrogen-bond donors (Lipinski definition) is 0. The van der Waals surface area contributed by atoms with Crippen LogP contribution in [0.1, 0.15) is 51.8 Å². The molecule has 1 saturated carbocycles. The van der Waals surface area contributed by atoms with Crippen molar-refractivity contribution < 1.29 is 4.79 Å². The Morgan fingerprint density at radius 3 is 3.06 bits per heavy atom. The van der Waals surface area contributed by atoms with Gasteiger partial charge in [0.2, 0.25) is 0 Å². The van der Waals surface area contributed by atoms with Crippen molar-refractivity contribution in [2.75, 3.05) is 0 Å². The molecule has 1 heterocycles. The molecule has 1 aromatic rings. The van der Waals surface area contributed by atoms with Crippen molar-refractivity contribution in [2.45, 2.75) is 58.9 Å². The summed E-state index contributed by atoms with van der Waals surface area (Å²) in [5.41, 5.74) is 0. The smallest absolute Gasteiger partial charge is 0.143 e. The SMILES string of the molecule is CCCn1ccnc1CC(=O)C1CCCC(C)C1. The molecule has 0 aliphatic heterocycles. The molecule has 2 rings (SSSR count). The van der Waals surface area contributed by atoms with Crippen LogP contribution in [0.3, 0.4) is 0 Å². The van der Waals surface area contributed by atoms with E-state index in [4.69, 9.17) is 0 Å². The quantitative estimate of drug-likeness (QED) is 0.802. The van der Waals surface area contributed by atoms with Gasteiger partial charge < -0.3 is 4.57 Å². The van der Waals surface area contributed by atoms with E-state index in [-0.39, 0.29) is 5.92 Å². The Hall–Kier alpha value is -1.12. The van der Waals surface area contributed by atoms with Gasteiger partial charge in [-0.05, 0) is 25.2 Å². The second-order valence-corrected chi connectivity index (χ2v) is 5.65. The van der Waals surface area contributed by atoms with E-state index in [2.05, 4.69) is 23.4 Å². The van der Waals surface area contributed by atoms with Crippen molar-refractivity contribution in [2.24, 2.45) is 11.8 Å². The summed E-state index contributed by atoms with van der Waals surface area (Å²) in [6.45, 7) is 5.37. The monoisotopic (exact) mass is 248 g/mol. The van der Waals surface area contributed by atoms with E-state index in [0.29, 0.717) is 18.1 Å². The van der Waals surface area contributed by atoms with Crippen molar-refractivity contribution in [3.05, 3.63) is 18.2 Å². The van der Waals surface area contributed by atoms with Gasteiger partial charge in [-0.25, -0.2) is 4.98 Å². The third kappa shape index (κ3) is 3.21. The Morgan fingerprint density at radius 2 is 2.33 bits per heavy atom. The topological polar surface area (TPSA) is 34.9 Å². The summed E-state index contributed by atoms with van der Waals surface area (Å²) < 4.78 is 2.12. The number of ketones is 1. The Morgan fingerprint density at radius 1 is 1.50 bits per heavy atom. The zero-order valence-corrected chi connectivity index (χ0v) is 11.6. The van der Waals surface area contributed by atoms with Crippen LogP contribution in [0.15, 0.2) is 12.4 Å². The van der Waals surface area contributed by atoms with Crippen molar-refractivity contribution in [3.8, 4) is 0 Å². The minimum absolute atomic E-state index is 0.278. The molecular weight excluding hydrogens is 224 g/mol. The van der Waals surface area contributed by atoms with Gasteiger partial charge in [0.1, 0.15) is 11.6 Å². The van der Waals surface area contributed by atoms with Crippen molar-refractivity contribution in [3.63, 3.8) is 0 Å². The van der Waals surface area contributed by atoms with Crippen LogP contribution >= 0.6 is 0 Å². The fourth-order valence-electron chi connectivity index (χ4n) is 2.98. The molecule has 0 saturated heterocycles. The molecule has 0 aromatic carbocycles. The van der Waals surface area contributed by atoms with Crippen LogP contribution in [0.5, 0.6) is 0 Å². The predicted octanol–water partition coefficient (Wildman–Crippen LogP) is 3.23. The third-order valence-electron chi connectivity index (χ3n) is 3.99. The second-order valence-electron chi connectivity index (χ2n) is 5.65. The summed E-state index contributed by atoms with van der Waals surface area (Å²) in [6, 6.07) is 0. The Kier molecular flexibility index (Phi) is 4.56. The summed E-state index contributed by atoms with van der Waals surface area (Å²) in [6.07, 6.45) is 10.0. The first-order valence-corrected chi connectivity index (χ1v) is 7.23. The average Bonchev–Trinajstić information content (AvgIpc) is 2.77. The predicted molar refractivity (Wildman–Crippen MR) is 72.4 cm³/mol. The minimum Gasteiger partial charge on any atom is -0.335 e. The molecular formula is C15H24N2O. The lowest BCUT2D eigenvalue weighted by atomic mass is 9.79. The molecule has 2 atom stereocenters. The lowest BCUT2D eigenvalue weighted by Crippen LogP contribution is -2.24. The zero-order valence-electron chi connectivity index (χ0n) is 11.6. The van der Waals surface area contributed by atoms with Crippen LogP contribution in [-0.4, -0.2) is 15.3 Å². The molecule has 1 aromatic heterocycles. The Bertz CT molecular complexity index is 397. The standard InChI is InChI=1S/C15H24N2O/c1-3-8-17-9-7-16-15(17)11-14(18)13-6-4-5-12(2)10-13/h7,9,12-13H,3-6,8,10-11H2,1-2H3.